The Morgan fingerprint density at radius 1 is 1.08 bits per heavy atom. The molecule has 1 N–H and O–H groups in total. The molecule has 1 aliphatic heterocycles. The number of unbranched alkanes of at least 4 members (excludes halogenated alkanes) is 1. The number of hydrogen-bond donors (Lipinski definition) is 1. The Morgan fingerprint density at radius 3 is 2.67 bits per heavy atom. The van der Waals surface area contributed by atoms with Crippen LogP contribution in [0.4, 0.5) is 4.79 Å². The molecule has 0 aliphatic carbocycles. The quantitative estimate of drug-likeness (QED) is 0.856. The van der Waals surface area contributed by atoms with Gasteiger partial charge >= 0.3 is 6.03 Å². The van der Waals surface area contributed by atoms with E-state index in [1.165, 1.54) is 5.56 Å². The smallest absolute Gasteiger partial charge is 0.318 e. The maximum atomic E-state index is 12.3. The number of urea groups is 1. The van der Waals surface area contributed by atoms with Crippen LogP contribution in [0.15, 0.2) is 48.5 Å². The first-order valence-electron chi connectivity index (χ1n) is 8.35. The van der Waals surface area contributed by atoms with Crippen molar-refractivity contribution in [2.24, 2.45) is 0 Å². The number of fused-ring (bicyclic) bond motifs is 1. The lowest BCUT2D eigenvalue weighted by Crippen LogP contribution is -2.36. The fourth-order valence-corrected chi connectivity index (χ4v) is 3.01. The number of hydrogen-bond acceptors (Lipinski definition) is 2. The van der Waals surface area contributed by atoms with E-state index in [4.69, 9.17) is 5.26 Å². The van der Waals surface area contributed by atoms with Crippen LogP contribution in [0, 0.1) is 11.3 Å². The lowest BCUT2D eigenvalue weighted by Gasteiger charge is -2.16. The summed E-state index contributed by atoms with van der Waals surface area (Å²) in [5.41, 5.74) is 4.20. The topological polar surface area (TPSA) is 56.1 Å². The lowest BCUT2D eigenvalue weighted by atomic mass is 10.1. The number of carbonyl (C=O) groups is 1. The van der Waals surface area contributed by atoms with Gasteiger partial charge in [-0.3, -0.25) is 0 Å². The number of carbonyl (C=O) groups excluding carboxylic acids is 1. The zero-order valence-corrected chi connectivity index (χ0v) is 13.7. The van der Waals surface area contributed by atoms with Gasteiger partial charge in [0.05, 0.1) is 11.6 Å². The van der Waals surface area contributed by atoms with Crippen LogP contribution in [0.1, 0.15) is 35.1 Å². The number of benzene rings is 2. The predicted molar refractivity (Wildman–Crippen MR) is 93.2 cm³/mol. The molecule has 2 amide bonds. The second kappa shape index (κ2) is 7.65. The first-order chi connectivity index (χ1) is 11.8. The highest BCUT2D eigenvalue weighted by Crippen LogP contribution is 2.23. The summed E-state index contributed by atoms with van der Waals surface area (Å²) in [7, 11) is 0. The van der Waals surface area contributed by atoms with Crippen molar-refractivity contribution in [3.05, 3.63) is 70.8 Å². The molecule has 3 rings (SSSR count). The summed E-state index contributed by atoms with van der Waals surface area (Å²) in [4.78, 5) is 14.0. The van der Waals surface area contributed by atoms with Gasteiger partial charge in [-0.05, 0) is 48.1 Å². The minimum atomic E-state index is -0.0237. The van der Waals surface area contributed by atoms with E-state index in [1.54, 1.807) is 4.90 Å². The van der Waals surface area contributed by atoms with Gasteiger partial charge in [0.15, 0.2) is 0 Å². The fourth-order valence-electron chi connectivity index (χ4n) is 3.01. The molecule has 0 unspecified atom stereocenters. The largest absolute Gasteiger partial charge is 0.338 e. The molecule has 122 valence electrons. The molecule has 24 heavy (non-hydrogen) atoms. The fraction of sp³-hybridized carbons (Fsp3) is 0.300. The molecule has 0 bridgehead atoms. The molecule has 0 atom stereocenters. The van der Waals surface area contributed by atoms with E-state index in [9.17, 15) is 4.79 Å². The average Bonchev–Trinajstić information content (AvgIpc) is 3.05. The van der Waals surface area contributed by atoms with Gasteiger partial charge in [-0.1, -0.05) is 36.4 Å². The van der Waals surface area contributed by atoms with Crippen LogP contribution in [0.3, 0.4) is 0 Å². The van der Waals surface area contributed by atoms with E-state index in [0.717, 1.165) is 30.4 Å². The third kappa shape index (κ3) is 3.94. The number of nitrogens with one attached hydrogen (secondary N) is 1. The van der Waals surface area contributed by atoms with E-state index in [2.05, 4.69) is 35.7 Å². The van der Waals surface area contributed by atoms with Crippen molar-refractivity contribution in [2.75, 3.05) is 6.54 Å². The Balaban J connectivity index is 1.40. The van der Waals surface area contributed by atoms with Crippen LogP contribution in [0.5, 0.6) is 0 Å². The number of aryl methyl sites for hydroxylation is 1. The Labute approximate surface area is 142 Å². The molecule has 2 aromatic rings. The van der Waals surface area contributed by atoms with Crippen molar-refractivity contribution < 1.29 is 4.79 Å². The average molecular weight is 319 g/mol. The second-order valence-corrected chi connectivity index (χ2v) is 6.13. The van der Waals surface area contributed by atoms with E-state index in [1.807, 2.05) is 24.3 Å². The van der Waals surface area contributed by atoms with Gasteiger partial charge in [-0.15, -0.1) is 0 Å². The number of nitriles is 1. The zero-order chi connectivity index (χ0) is 16.8. The van der Waals surface area contributed by atoms with E-state index in [0.29, 0.717) is 25.2 Å². The Morgan fingerprint density at radius 2 is 1.88 bits per heavy atom. The van der Waals surface area contributed by atoms with Crippen molar-refractivity contribution in [2.45, 2.75) is 32.4 Å². The van der Waals surface area contributed by atoms with Crippen LogP contribution in [0.25, 0.3) is 0 Å². The number of amides is 2. The highest BCUT2D eigenvalue weighted by Gasteiger charge is 2.23. The molecule has 1 heterocycles. The summed E-state index contributed by atoms with van der Waals surface area (Å²) >= 11 is 0. The monoisotopic (exact) mass is 319 g/mol. The SMILES string of the molecule is N#Cc1ccc2c(c1)CN(C(=O)NCCCCc1ccccc1)C2. The minimum Gasteiger partial charge on any atom is -0.338 e. The van der Waals surface area contributed by atoms with Crippen molar-refractivity contribution in [3.8, 4) is 6.07 Å². The molecule has 4 heteroatoms. The summed E-state index contributed by atoms with van der Waals surface area (Å²) in [6, 6.07) is 18.2. The van der Waals surface area contributed by atoms with Gasteiger partial charge < -0.3 is 10.2 Å². The summed E-state index contributed by atoms with van der Waals surface area (Å²) in [5.74, 6) is 0. The van der Waals surface area contributed by atoms with Gasteiger partial charge in [0.2, 0.25) is 0 Å². The van der Waals surface area contributed by atoms with Gasteiger partial charge in [-0.25, -0.2) is 4.79 Å². The lowest BCUT2D eigenvalue weighted by molar-refractivity contribution is 0.198. The maximum absolute atomic E-state index is 12.3. The molecule has 0 spiro atoms. The van der Waals surface area contributed by atoms with Crippen LogP contribution in [0.2, 0.25) is 0 Å². The molecule has 1 aliphatic rings. The van der Waals surface area contributed by atoms with Gasteiger partial charge in [0, 0.05) is 19.6 Å². The van der Waals surface area contributed by atoms with Crippen molar-refractivity contribution in [1.29, 1.82) is 5.26 Å². The molecular weight excluding hydrogens is 298 g/mol. The summed E-state index contributed by atoms with van der Waals surface area (Å²) in [5, 5.41) is 11.9. The van der Waals surface area contributed by atoms with Crippen LogP contribution >= 0.6 is 0 Å². The van der Waals surface area contributed by atoms with E-state index < -0.39 is 0 Å². The zero-order valence-electron chi connectivity index (χ0n) is 13.7. The molecule has 0 saturated heterocycles. The first-order valence-corrected chi connectivity index (χ1v) is 8.35. The van der Waals surface area contributed by atoms with Crippen molar-refractivity contribution >= 4 is 6.03 Å². The molecule has 0 aromatic heterocycles. The van der Waals surface area contributed by atoms with Gasteiger partial charge in [-0.2, -0.15) is 5.26 Å². The van der Waals surface area contributed by atoms with Crippen LogP contribution in [-0.2, 0) is 19.5 Å². The molecule has 0 fully saturated rings. The highest BCUT2D eigenvalue weighted by molar-refractivity contribution is 5.75. The Kier molecular flexibility index (Phi) is 5.12. The second-order valence-electron chi connectivity index (χ2n) is 6.13. The normalized spacial score (nSPS) is 12.5. The summed E-state index contributed by atoms with van der Waals surface area (Å²) in [6.07, 6.45) is 3.08. The highest BCUT2D eigenvalue weighted by atomic mass is 16.2. The third-order valence-corrected chi connectivity index (χ3v) is 4.36. The predicted octanol–water partition coefficient (Wildman–Crippen LogP) is 3.61. The molecule has 0 radical (unpaired) electrons. The standard InChI is InChI=1S/C20H21N3O/c21-13-17-9-10-18-14-23(15-19(18)12-17)20(24)22-11-5-4-8-16-6-2-1-3-7-16/h1-3,6-7,9-10,12H,4-5,8,11,14-15H2,(H,22,24). The summed E-state index contributed by atoms with van der Waals surface area (Å²) in [6.45, 7) is 1.90. The van der Waals surface area contributed by atoms with Crippen LogP contribution in [-0.4, -0.2) is 17.5 Å². The molecular formula is C20H21N3O. The molecule has 4 nitrogen and oxygen atoms in total. The number of nitrogens with zero attached hydrogens (tertiary/aromatic N) is 2. The number of rotatable bonds is 5. The Bertz CT molecular complexity index is 749. The van der Waals surface area contributed by atoms with Gasteiger partial charge in [0.25, 0.3) is 0 Å². The van der Waals surface area contributed by atoms with E-state index >= 15 is 0 Å². The summed E-state index contributed by atoms with van der Waals surface area (Å²) < 4.78 is 0. The molecule has 0 saturated carbocycles. The minimum absolute atomic E-state index is 0.0237. The van der Waals surface area contributed by atoms with Crippen molar-refractivity contribution in [1.82, 2.24) is 10.2 Å². The van der Waals surface area contributed by atoms with Crippen molar-refractivity contribution in [3.63, 3.8) is 0 Å². The van der Waals surface area contributed by atoms with Gasteiger partial charge in [0.1, 0.15) is 0 Å². The first kappa shape index (κ1) is 16.1. The Hall–Kier alpha value is -2.80. The third-order valence-electron chi connectivity index (χ3n) is 4.36. The maximum Gasteiger partial charge on any atom is 0.318 e. The van der Waals surface area contributed by atoms with E-state index in [-0.39, 0.29) is 6.03 Å². The van der Waals surface area contributed by atoms with Crippen LogP contribution < -0.4 is 5.32 Å². The molecule has 2 aromatic carbocycles.